The quantitative estimate of drug-likeness (QED) is 0.855. The fraction of sp³-hybridized carbons (Fsp3) is 0.500. The number of hydrogen-bond donors (Lipinski definition) is 1. The van der Waals surface area contributed by atoms with Crippen molar-refractivity contribution in [2.45, 2.75) is 18.8 Å². The Labute approximate surface area is 99.4 Å². The van der Waals surface area contributed by atoms with E-state index in [0.29, 0.717) is 13.2 Å². The first-order valence-electron chi connectivity index (χ1n) is 5.73. The third-order valence-electron chi connectivity index (χ3n) is 2.91. The van der Waals surface area contributed by atoms with Crippen molar-refractivity contribution in [3.8, 4) is 11.5 Å². The van der Waals surface area contributed by atoms with Crippen molar-refractivity contribution < 1.29 is 18.9 Å². The Hall–Kier alpha value is -1.30. The predicted octanol–water partition coefficient (Wildman–Crippen LogP) is 1.18. The maximum atomic E-state index is 5.75. The second-order valence-corrected chi connectivity index (χ2v) is 4.11. The van der Waals surface area contributed by atoms with E-state index in [2.05, 4.69) is 0 Å². The first-order chi connectivity index (χ1) is 8.36. The van der Waals surface area contributed by atoms with Gasteiger partial charge in [-0.3, -0.25) is 0 Å². The molecule has 0 aliphatic carbocycles. The van der Waals surface area contributed by atoms with Crippen LogP contribution >= 0.6 is 0 Å². The summed E-state index contributed by atoms with van der Waals surface area (Å²) >= 11 is 0. The summed E-state index contributed by atoms with van der Waals surface area (Å²) in [5.74, 6) is 1.52. The number of rotatable bonds is 3. The van der Waals surface area contributed by atoms with Crippen LogP contribution in [-0.2, 0) is 9.47 Å². The summed E-state index contributed by atoms with van der Waals surface area (Å²) in [6.07, 6.45) is 0.595. The van der Waals surface area contributed by atoms with E-state index in [4.69, 9.17) is 24.7 Å². The molecule has 2 aliphatic rings. The fourth-order valence-corrected chi connectivity index (χ4v) is 2.02. The molecule has 2 atom stereocenters. The van der Waals surface area contributed by atoms with Crippen molar-refractivity contribution >= 4 is 0 Å². The van der Waals surface area contributed by atoms with Gasteiger partial charge in [0.1, 0.15) is 0 Å². The molecule has 0 spiro atoms. The van der Waals surface area contributed by atoms with Gasteiger partial charge in [0.25, 0.3) is 0 Å². The Morgan fingerprint density at radius 1 is 1.24 bits per heavy atom. The van der Waals surface area contributed by atoms with Crippen LogP contribution in [0.5, 0.6) is 11.5 Å². The van der Waals surface area contributed by atoms with Crippen molar-refractivity contribution in [1.82, 2.24) is 0 Å². The minimum absolute atomic E-state index is 0.0930. The Morgan fingerprint density at radius 2 is 2.12 bits per heavy atom. The van der Waals surface area contributed by atoms with Gasteiger partial charge >= 0.3 is 0 Å². The van der Waals surface area contributed by atoms with Gasteiger partial charge in [-0.05, 0) is 31.2 Å². The summed E-state index contributed by atoms with van der Waals surface area (Å²) < 4.78 is 21.9. The number of benzene rings is 1. The van der Waals surface area contributed by atoms with Gasteiger partial charge in [-0.25, -0.2) is 0 Å². The molecule has 0 bridgehead atoms. The van der Waals surface area contributed by atoms with E-state index in [0.717, 1.165) is 23.5 Å². The first kappa shape index (κ1) is 10.8. The molecule has 2 heterocycles. The predicted molar refractivity (Wildman–Crippen MR) is 59.8 cm³/mol. The molecular formula is C12H15NO4. The van der Waals surface area contributed by atoms with E-state index in [1.165, 1.54) is 0 Å². The lowest BCUT2D eigenvalue weighted by Gasteiger charge is -2.11. The Balaban J connectivity index is 1.73. The largest absolute Gasteiger partial charge is 0.454 e. The zero-order valence-corrected chi connectivity index (χ0v) is 9.43. The van der Waals surface area contributed by atoms with Gasteiger partial charge in [-0.15, -0.1) is 0 Å². The molecule has 2 N–H and O–H groups in total. The van der Waals surface area contributed by atoms with Crippen LogP contribution < -0.4 is 15.2 Å². The molecule has 17 heavy (non-hydrogen) atoms. The highest BCUT2D eigenvalue weighted by atomic mass is 16.7. The number of hydrogen-bond acceptors (Lipinski definition) is 5. The van der Waals surface area contributed by atoms with Gasteiger partial charge in [-0.2, -0.15) is 0 Å². The zero-order chi connectivity index (χ0) is 11.7. The van der Waals surface area contributed by atoms with Crippen LogP contribution in [0.2, 0.25) is 0 Å². The topological polar surface area (TPSA) is 62.9 Å². The summed E-state index contributed by atoms with van der Waals surface area (Å²) in [7, 11) is 0. The van der Waals surface area contributed by atoms with Gasteiger partial charge in [0.15, 0.2) is 17.8 Å². The van der Waals surface area contributed by atoms with E-state index < -0.39 is 0 Å². The van der Waals surface area contributed by atoms with Gasteiger partial charge in [0, 0.05) is 5.56 Å². The smallest absolute Gasteiger partial charge is 0.231 e. The molecule has 3 rings (SSSR count). The van der Waals surface area contributed by atoms with Crippen molar-refractivity contribution in [2.75, 3.05) is 19.9 Å². The molecule has 0 radical (unpaired) electrons. The highest BCUT2D eigenvalue weighted by Crippen LogP contribution is 2.37. The summed E-state index contributed by atoms with van der Waals surface area (Å²) in [4.78, 5) is 0. The minimum Gasteiger partial charge on any atom is -0.454 e. The average Bonchev–Trinajstić information content (AvgIpc) is 2.96. The first-order valence-corrected chi connectivity index (χ1v) is 5.73. The van der Waals surface area contributed by atoms with E-state index in [1.54, 1.807) is 0 Å². The number of ether oxygens (including phenoxy) is 4. The third-order valence-corrected chi connectivity index (χ3v) is 2.91. The second kappa shape index (κ2) is 4.52. The van der Waals surface area contributed by atoms with Crippen molar-refractivity contribution in [3.05, 3.63) is 23.8 Å². The molecule has 1 saturated heterocycles. The second-order valence-electron chi connectivity index (χ2n) is 4.11. The fourth-order valence-electron chi connectivity index (χ4n) is 2.02. The van der Waals surface area contributed by atoms with Crippen LogP contribution in [0.15, 0.2) is 18.2 Å². The van der Waals surface area contributed by atoms with Crippen molar-refractivity contribution in [1.29, 1.82) is 0 Å². The Bertz CT molecular complexity index is 409. The van der Waals surface area contributed by atoms with E-state index >= 15 is 0 Å². The van der Waals surface area contributed by atoms with Crippen molar-refractivity contribution in [3.63, 3.8) is 0 Å². The van der Waals surface area contributed by atoms with Gasteiger partial charge in [0.2, 0.25) is 6.79 Å². The van der Waals surface area contributed by atoms with Crippen LogP contribution in [0, 0.1) is 0 Å². The summed E-state index contributed by atoms with van der Waals surface area (Å²) in [6, 6.07) is 5.71. The van der Waals surface area contributed by atoms with Gasteiger partial charge < -0.3 is 24.7 Å². The molecular weight excluding hydrogens is 222 g/mol. The molecule has 5 nitrogen and oxygen atoms in total. The molecule has 0 aromatic heterocycles. The van der Waals surface area contributed by atoms with Crippen LogP contribution in [-0.4, -0.2) is 26.0 Å². The lowest BCUT2D eigenvalue weighted by molar-refractivity contribution is -0.0608. The monoisotopic (exact) mass is 237 g/mol. The molecule has 1 fully saturated rings. The van der Waals surface area contributed by atoms with Crippen molar-refractivity contribution in [2.24, 2.45) is 5.73 Å². The molecule has 0 amide bonds. The molecule has 2 unspecified atom stereocenters. The standard InChI is InChI=1S/C12H15NO4/c13-4-3-9-6-14-12(17-9)8-1-2-10-11(5-8)16-7-15-10/h1-2,5,9,12H,3-4,6-7,13H2. The SMILES string of the molecule is NCCC1COC(c2ccc3c(c2)OCO3)O1. The van der Waals surface area contributed by atoms with Gasteiger partial charge in [0.05, 0.1) is 12.7 Å². The Morgan fingerprint density at radius 3 is 3.00 bits per heavy atom. The summed E-state index contributed by atoms with van der Waals surface area (Å²) in [5, 5.41) is 0. The van der Waals surface area contributed by atoms with Gasteiger partial charge in [-0.1, -0.05) is 0 Å². The highest BCUT2D eigenvalue weighted by molar-refractivity contribution is 5.44. The normalized spacial score (nSPS) is 26.4. The lowest BCUT2D eigenvalue weighted by atomic mass is 10.2. The maximum Gasteiger partial charge on any atom is 0.231 e. The summed E-state index contributed by atoms with van der Waals surface area (Å²) in [5.41, 5.74) is 6.45. The van der Waals surface area contributed by atoms with E-state index in [-0.39, 0.29) is 19.2 Å². The molecule has 5 heteroatoms. The molecule has 1 aromatic rings. The minimum atomic E-state index is -0.318. The molecule has 0 saturated carbocycles. The van der Waals surface area contributed by atoms with Crippen LogP contribution in [0.3, 0.4) is 0 Å². The lowest BCUT2D eigenvalue weighted by Crippen LogP contribution is -2.15. The molecule has 92 valence electrons. The number of nitrogens with two attached hydrogens (primary N) is 1. The summed E-state index contributed by atoms with van der Waals surface area (Å²) in [6.45, 7) is 1.49. The zero-order valence-electron chi connectivity index (χ0n) is 9.43. The van der Waals surface area contributed by atoms with E-state index in [9.17, 15) is 0 Å². The molecule has 1 aromatic carbocycles. The van der Waals surface area contributed by atoms with Crippen LogP contribution in [0.25, 0.3) is 0 Å². The molecule has 2 aliphatic heterocycles. The van der Waals surface area contributed by atoms with Crippen LogP contribution in [0.1, 0.15) is 18.3 Å². The third kappa shape index (κ3) is 2.09. The highest BCUT2D eigenvalue weighted by Gasteiger charge is 2.28. The van der Waals surface area contributed by atoms with Crippen LogP contribution in [0.4, 0.5) is 0 Å². The Kier molecular flexibility index (Phi) is 2.88. The average molecular weight is 237 g/mol. The number of fused-ring (bicyclic) bond motifs is 1. The maximum absolute atomic E-state index is 5.75. The van der Waals surface area contributed by atoms with E-state index in [1.807, 2.05) is 18.2 Å².